The molecule has 1 aromatic carbocycles. The number of amides is 1. The van der Waals surface area contributed by atoms with Crippen LogP contribution in [-0.4, -0.2) is 40.9 Å². The molecule has 2 rings (SSSR count). The van der Waals surface area contributed by atoms with Crippen molar-refractivity contribution in [3.8, 4) is 0 Å². The maximum Gasteiger partial charge on any atom is 0.258 e. The van der Waals surface area contributed by atoms with Crippen molar-refractivity contribution in [3.63, 3.8) is 0 Å². The first kappa shape index (κ1) is 14.2. The van der Waals surface area contributed by atoms with E-state index in [2.05, 4.69) is 15.3 Å². The molecular weight excluding hydrogens is 256 g/mol. The van der Waals surface area contributed by atoms with Crippen LogP contribution < -0.4 is 10.9 Å². The van der Waals surface area contributed by atoms with Crippen molar-refractivity contribution >= 4 is 16.8 Å². The normalized spacial score (nSPS) is 10.9. The minimum absolute atomic E-state index is 0.0602. The number of H-pyrrole nitrogens is 1. The Hall–Kier alpha value is -2.21. The van der Waals surface area contributed by atoms with E-state index in [1.807, 2.05) is 30.0 Å². The molecule has 6 nitrogen and oxygen atoms in total. The van der Waals surface area contributed by atoms with Gasteiger partial charge in [0.2, 0.25) is 5.91 Å². The van der Waals surface area contributed by atoms with Gasteiger partial charge in [0, 0.05) is 7.05 Å². The molecule has 0 atom stereocenters. The zero-order chi connectivity index (χ0) is 14.5. The van der Waals surface area contributed by atoms with Crippen LogP contribution in [0.15, 0.2) is 29.1 Å². The number of aromatic nitrogens is 2. The molecule has 0 unspecified atom stereocenters. The lowest BCUT2D eigenvalue weighted by Crippen LogP contribution is -2.35. The van der Waals surface area contributed by atoms with Gasteiger partial charge >= 0.3 is 0 Å². The molecule has 1 heterocycles. The molecule has 0 aliphatic rings. The number of nitrogens with zero attached hydrogens (tertiary/aromatic N) is 2. The number of nitrogens with one attached hydrogen (secondary N) is 2. The lowest BCUT2D eigenvalue weighted by molar-refractivity contribution is -0.121. The summed E-state index contributed by atoms with van der Waals surface area (Å²) in [5.74, 6) is 0.509. The average molecular weight is 274 g/mol. The molecular formula is C14H18N4O2. The van der Waals surface area contributed by atoms with Gasteiger partial charge in [0.25, 0.3) is 5.56 Å². The first-order chi connectivity index (χ1) is 9.63. The van der Waals surface area contributed by atoms with Gasteiger partial charge in [-0.05, 0) is 18.7 Å². The lowest BCUT2D eigenvalue weighted by Gasteiger charge is -2.18. The van der Waals surface area contributed by atoms with Crippen LogP contribution in [0, 0.1) is 0 Å². The van der Waals surface area contributed by atoms with Gasteiger partial charge in [-0.25, -0.2) is 4.98 Å². The van der Waals surface area contributed by atoms with Gasteiger partial charge in [-0.1, -0.05) is 19.1 Å². The highest BCUT2D eigenvalue weighted by Gasteiger charge is 2.11. The molecule has 0 aliphatic carbocycles. The van der Waals surface area contributed by atoms with Crippen molar-refractivity contribution in [2.24, 2.45) is 0 Å². The number of fused-ring (bicyclic) bond motifs is 1. The molecule has 1 amide bonds. The Morgan fingerprint density at radius 3 is 2.85 bits per heavy atom. The highest BCUT2D eigenvalue weighted by molar-refractivity contribution is 5.78. The Bertz CT molecular complexity index is 666. The van der Waals surface area contributed by atoms with E-state index >= 15 is 0 Å². The van der Waals surface area contributed by atoms with Crippen molar-refractivity contribution in [1.82, 2.24) is 20.2 Å². The third kappa shape index (κ3) is 3.21. The Balaban J connectivity index is 2.24. The standard InChI is InChI=1S/C14H18N4O2/c1-3-18(9-13(19)15-2)8-12-16-11-7-5-4-6-10(11)14(20)17-12/h4-7H,3,8-9H2,1-2H3,(H,15,19)(H,16,17,20). The number of aromatic amines is 1. The summed E-state index contributed by atoms with van der Waals surface area (Å²) in [7, 11) is 1.60. The van der Waals surface area contributed by atoms with Crippen LogP contribution in [0.25, 0.3) is 10.9 Å². The van der Waals surface area contributed by atoms with E-state index in [0.29, 0.717) is 29.8 Å². The molecule has 1 aromatic heterocycles. The van der Waals surface area contributed by atoms with E-state index in [-0.39, 0.29) is 18.0 Å². The van der Waals surface area contributed by atoms with Gasteiger partial charge in [-0.15, -0.1) is 0 Å². The molecule has 0 fully saturated rings. The molecule has 20 heavy (non-hydrogen) atoms. The monoisotopic (exact) mass is 274 g/mol. The van der Waals surface area contributed by atoms with Crippen LogP contribution in [-0.2, 0) is 11.3 Å². The fraction of sp³-hybridized carbons (Fsp3) is 0.357. The summed E-state index contributed by atoms with van der Waals surface area (Å²) in [6.07, 6.45) is 0. The predicted octanol–water partition coefficient (Wildman–Crippen LogP) is 0.491. The minimum atomic E-state index is -0.151. The third-order valence-corrected chi connectivity index (χ3v) is 3.13. The molecule has 0 bridgehead atoms. The molecule has 2 N–H and O–H groups in total. The number of likely N-dealkylation sites (N-methyl/N-ethyl adjacent to an activating group) is 2. The van der Waals surface area contributed by atoms with E-state index in [4.69, 9.17) is 0 Å². The molecule has 106 valence electrons. The van der Waals surface area contributed by atoms with Crippen molar-refractivity contribution in [2.75, 3.05) is 20.1 Å². The van der Waals surface area contributed by atoms with E-state index in [0.717, 1.165) is 0 Å². The summed E-state index contributed by atoms with van der Waals surface area (Å²) in [5, 5.41) is 3.16. The minimum Gasteiger partial charge on any atom is -0.358 e. The zero-order valence-corrected chi connectivity index (χ0v) is 11.6. The number of carbonyl (C=O) groups is 1. The lowest BCUT2D eigenvalue weighted by atomic mass is 10.2. The van der Waals surface area contributed by atoms with Crippen molar-refractivity contribution in [3.05, 3.63) is 40.4 Å². The van der Waals surface area contributed by atoms with Crippen LogP contribution in [0.3, 0.4) is 0 Å². The molecule has 2 aromatic rings. The summed E-state index contributed by atoms with van der Waals surface area (Å²) < 4.78 is 0. The van der Waals surface area contributed by atoms with E-state index < -0.39 is 0 Å². The number of carbonyl (C=O) groups excluding carboxylic acids is 1. The van der Waals surface area contributed by atoms with E-state index in [1.54, 1.807) is 13.1 Å². The largest absolute Gasteiger partial charge is 0.358 e. The quantitative estimate of drug-likeness (QED) is 0.832. The Kier molecular flexibility index (Phi) is 4.47. The highest BCUT2D eigenvalue weighted by atomic mass is 16.2. The SMILES string of the molecule is CCN(CC(=O)NC)Cc1nc2ccccc2c(=O)[nH]1. The average Bonchev–Trinajstić information content (AvgIpc) is 2.46. The number of para-hydroxylation sites is 1. The number of hydrogen-bond acceptors (Lipinski definition) is 4. The summed E-state index contributed by atoms with van der Waals surface area (Å²) in [6, 6.07) is 7.21. The van der Waals surface area contributed by atoms with Gasteiger partial charge < -0.3 is 10.3 Å². The summed E-state index contributed by atoms with van der Waals surface area (Å²) >= 11 is 0. The highest BCUT2D eigenvalue weighted by Crippen LogP contribution is 2.06. The number of hydrogen-bond donors (Lipinski definition) is 2. The second-order valence-corrected chi connectivity index (χ2v) is 4.51. The summed E-state index contributed by atoms with van der Waals surface area (Å²) in [5.41, 5.74) is 0.517. The maximum atomic E-state index is 12.0. The summed E-state index contributed by atoms with van der Waals surface area (Å²) in [6.45, 7) is 3.37. The van der Waals surface area contributed by atoms with Crippen molar-refractivity contribution in [1.29, 1.82) is 0 Å². The smallest absolute Gasteiger partial charge is 0.258 e. The van der Waals surface area contributed by atoms with Gasteiger partial charge in [-0.2, -0.15) is 0 Å². The topological polar surface area (TPSA) is 78.1 Å². The van der Waals surface area contributed by atoms with Crippen LogP contribution in [0.1, 0.15) is 12.7 Å². The second-order valence-electron chi connectivity index (χ2n) is 4.51. The van der Waals surface area contributed by atoms with Crippen LogP contribution in [0.4, 0.5) is 0 Å². The van der Waals surface area contributed by atoms with Gasteiger partial charge in [0.1, 0.15) is 5.82 Å². The van der Waals surface area contributed by atoms with E-state index in [1.165, 1.54) is 0 Å². The van der Waals surface area contributed by atoms with Crippen molar-refractivity contribution < 1.29 is 4.79 Å². The Morgan fingerprint density at radius 2 is 2.15 bits per heavy atom. The summed E-state index contributed by atoms with van der Waals surface area (Å²) in [4.78, 5) is 32.5. The van der Waals surface area contributed by atoms with Gasteiger partial charge in [0.05, 0.1) is 24.0 Å². The third-order valence-electron chi connectivity index (χ3n) is 3.13. The first-order valence-electron chi connectivity index (χ1n) is 6.55. The molecule has 0 saturated heterocycles. The van der Waals surface area contributed by atoms with Gasteiger partial charge in [0.15, 0.2) is 0 Å². The first-order valence-corrected chi connectivity index (χ1v) is 6.55. The molecule has 6 heteroatoms. The van der Waals surface area contributed by atoms with Crippen molar-refractivity contribution in [2.45, 2.75) is 13.5 Å². The zero-order valence-electron chi connectivity index (χ0n) is 11.6. The van der Waals surface area contributed by atoms with Crippen LogP contribution in [0.5, 0.6) is 0 Å². The molecule has 0 spiro atoms. The fourth-order valence-electron chi connectivity index (χ4n) is 1.98. The predicted molar refractivity (Wildman–Crippen MR) is 77.4 cm³/mol. The number of rotatable bonds is 5. The fourth-order valence-corrected chi connectivity index (χ4v) is 1.98. The second kappa shape index (κ2) is 6.29. The Labute approximate surface area is 116 Å². The van der Waals surface area contributed by atoms with E-state index in [9.17, 15) is 9.59 Å². The molecule has 0 saturated carbocycles. The Morgan fingerprint density at radius 1 is 1.40 bits per heavy atom. The molecule has 0 aliphatic heterocycles. The van der Waals surface area contributed by atoms with Crippen LogP contribution >= 0.6 is 0 Å². The number of benzene rings is 1. The van der Waals surface area contributed by atoms with Gasteiger partial charge in [-0.3, -0.25) is 14.5 Å². The molecule has 0 radical (unpaired) electrons. The van der Waals surface area contributed by atoms with Crippen LogP contribution in [0.2, 0.25) is 0 Å². The maximum absolute atomic E-state index is 12.0.